The SMILES string of the molecule is Cc1ccc(C=CN(c2ccccc2)c2ccccc2)cc1. The minimum atomic E-state index is 1.15. The number of rotatable bonds is 4. The molecule has 3 aromatic rings. The van der Waals surface area contributed by atoms with E-state index in [1.807, 2.05) is 12.1 Å². The molecule has 0 aliphatic heterocycles. The van der Waals surface area contributed by atoms with Crippen molar-refractivity contribution in [3.8, 4) is 0 Å². The van der Waals surface area contributed by atoms with Crippen LogP contribution in [0.25, 0.3) is 6.08 Å². The third kappa shape index (κ3) is 3.44. The van der Waals surface area contributed by atoms with Crippen LogP contribution in [0.4, 0.5) is 11.4 Å². The third-order valence-corrected chi connectivity index (χ3v) is 3.56. The number of benzene rings is 3. The van der Waals surface area contributed by atoms with E-state index < -0.39 is 0 Å². The van der Waals surface area contributed by atoms with Crippen LogP contribution in [0.2, 0.25) is 0 Å². The van der Waals surface area contributed by atoms with Gasteiger partial charge in [-0.05, 0) is 42.8 Å². The number of anilines is 2. The maximum absolute atomic E-state index is 2.19. The second-order valence-electron chi connectivity index (χ2n) is 5.27. The molecule has 108 valence electrons. The van der Waals surface area contributed by atoms with E-state index in [0.29, 0.717) is 0 Å². The molecule has 1 heteroatoms. The molecule has 0 atom stereocenters. The van der Waals surface area contributed by atoms with Gasteiger partial charge in [0.1, 0.15) is 0 Å². The van der Waals surface area contributed by atoms with Crippen molar-refractivity contribution in [3.63, 3.8) is 0 Å². The first-order valence-corrected chi connectivity index (χ1v) is 7.47. The van der Waals surface area contributed by atoms with Crippen LogP contribution in [-0.2, 0) is 0 Å². The van der Waals surface area contributed by atoms with Crippen molar-refractivity contribution in [3.05, 3.63) is 102 Å². The summed E-state index contributed by atoms with van der Waals surface area (Å²) in [4.78, 5) is 2.19. The lowest BCUT2D eigenvalue weighted by atomic mass is 10.1. The fourth-order valence-corrected chi connectivity index (χ4v) is 2.34. The summed E-state index contributed by atoms with van der Waals surface area (Å²) < 4.78 is 0. The lowest BCUT2D eigenvalue weighted by Gasteiger charge is -2.20. The first kappa shape index (κ1) is 14.2. The average Bonchev–Trinajstić information content (AvgIpc) is 2.59. The minimum Gasteiger partial charge on any atom is -0.317 e. The molecule has 3 rings (SSSR count). The van der Waals surface area contributed by atoms with E-state index in [1.165, 1.54) is 11.1 Å². The Morgan fingerprint density at radius 2 is 1.14 bits per heavy atom. The summed E-state index contributed by atoms with van der Waals surface area (Å²) in [6.07, 6.45) is 4.26. The Kier molecular flexibility index (Phi) is 4.35. The molecule has 0 unspecified atom stereocenters. The van der Waals surface area contributed by atoms with Gasteiger partial charge in [-0.1, -0.05) is 66.2 Å². The molecule has 3 aromatic carbocycles. The minimum absolute atomic E-state index is 1.15. The highest BCUT2D eigenvalue weighted by molar-refractivity contribution is 5.69. The van der Waals surface area contributed by atoms with Gasteiger partial charge in [0.15, 0.2) is 0 Å². The van der Waals surface area contributed by atoms with Crippen molar-refractivity contribution in [1.29, 1.82) is 0 Å². The van der Waals surface area contributed by atoms with Gasteiger partial charge >= 0.3 is 0 Å². The van der Waals surface area contributed by atoms with Crippen LogP contribution in [-0.4, -0.2) is 0 Å². The molecule has 0 aliphatic rings. The Labute approximate surface area is 132 Å². The van der Waals surface area contributed by atoms with Crippen molar-refractivity contribution in [2.75, 3.05) is 4.90 Å². The largest absolute Gasteiger partial charge is 0.317 e. The quantitative estimate of drug-likeness (QED) is 0.585. The molecule has 0 saturated heterocycles. The van der Waals surface area contributed by atoms with Crippen LogP contribution in [0.1, 0.15) is 11.1 Å². The lowest BCUT2D eigenvalue weighted by molar-refractivity contribution is 1.29. The molecular formula is C21H19N. The summed E-state index contributed by atoms with van der Waals surface area (Å²) in [7, 11) is 0. The molecule has 0 spiro atoms. The van der Waals surface area contributed by atoms with Crippen LogP contribution < -0.4 is 4.90 Å². The second kappa shape index (κ2) is 6.77. The zero-order valence-electron chi connectivity index (χ0n) is 12.7. The first-order valence-electron chi connectivity index (χ1n) is 7.47. The Balaban J connectivity index is 1.94. The van der Waals surface area contributed by atoms with Gasteiger partial charge in [-0.3, -0.25) is 0 Å². The van der Waals surface area contributed by atoms with E-state index >= 15 is 0 Å². The van der Waals surface area contributed by atoms with Gasteiger partial charge in [0.05, 0.1) is 0 Å². The Hall–Kier alpha value is -2.80. The third-order valence-electron chi connectivity index (χ3n) is 3.56. The molecule has 0 saturated carbocycles. The Morgan fingerprint density at radius 1 is 0.636 bits per heavy atom. The Morgan fingerprint density at radius 3 is 1.64 bits per heavy atom. The number of para-hydroxylation sites is 2. The van der Waals surface area contributed by atoms with Gasteiger partial charge in [0, 0.05) is 17.6 Å². The maximum atomic E-state index is 2.19. The van der Waals surface area contributed by atoms with Crippen LogP contribution in [0, 0.1) is 6.92 Å². The summed E-state index contributed by atoms with van der Waals surface area (Å²) in [6, 6.07) is 29.3. The lowest BCUT2D eigenvalue weighted by Crippen LogP contribution is -2.07. The number of hydrogen-bond donors (Lipinski definition) is 0. The summed E-state index contributed by atoms with van der Waals surface area (Å²) >= 11 is 0. The van der Waals surface area contributed by atoms with Crippen LogP contribution in [0.5, 0.6) is 0 Å². The zero-order chi connectivity index (χ0) is 15.2. The van der Waals surface area contributed by atoms with E-state index in [-0.39, 0.29) is 0 Å². The predicted molar refractivity (Wildman–Crippen MR) is 95.2 cm³/mol. The van der Waals surface area contributed by atoms with Crippen molar-refractivity contribution in [2.45, 2.75) is 6.92 Å². The number of aryl methyl sites for hydroxylation is 1. The zero-order valence-corrected chi connectivity index (χ0v) is 12.7. The number of nitrogens with zero attached hydrogens (tertiary/aromatic N) is 1. The van der Waals surface area contributed by atoms with Crippen LogP contribution in [0.3, 0.4) is 0 Å². The van der Waals surface area contributed by atoms with Gasteiger partial charge in [0.25, 0.3) is 0 Å². The summed E-state index contributed by atoms with van der Waals surface area (Å²) in [5.41, 5.74) is 4.77. The average molecular weight is 285 g/mol. The van der Waals surface area contributed by atoms with Gasteiger partial charge in [-0.2, -0.15) is 0 Å². The topological polar surface area (TPSA) is 3.24 Å². The fraction of sp³-hybridized carbons (Fsp3) is 0.0476. The van der Waals surface area contributed by atoms with Gasteiger partial charge in [-0.25, -0.2) is 0 Å². The molecule has 22 heavy (non-hydrogen) atoms. The van der Waals surface area contributed by atoms with Gasteiger partial charge < -0.3 is 4.90 Å². The van der Waals surface area contributed by atoms with Gasteiger partial charge in [-0.15, -0.1) is 0 Å². The van der Waals surface area contributed by atoms with Crippen LogP contribution >= 0.6 is 0 Å². The smallest absolute Gasteiger partial charge is 0.0455 e. The molecule has 0 amide bonds. The van der Waals surface area contributed by atoms with E-state index in [0.717, 1.165) is 11.4 Å². The molecular weight excluding hydrogens is 266 g/mol. The Bertz CT molecular complexity index is 688. The monoisotopic (exact) mass is 285 g/mol. The van der Waals surface area contributed by atoms with E-state index in [4.69, 9.17) is 0 Å². The number of hydrogen-bond acceptors (Lipinski definition) is 1. The molecule has 0 N–H and O–H groups in total. The van der Waals surface area contributed by atoms with E-state index in [9.17, 15) is 0 Å². The van der Waals surface area contributed by atoms with Crippen LogP contribution in [0.15, 0.2) is 91.1 Å². The summed E-state index contributed by atoms with van der Waals surface area (Å²) in [6.45, 7) is 2.10. The van der Waals surface area contributed by atoms with Crippen molar-refractivity contribution >= 4 is 17.5 Å². The predicted octanol–water partition coefficient (Wildman–Crippen LogP) is 5.80. The van der Waals surface area contributed by atoms with Crippen molar-refractivity contribution < 1.29 is 0 Å². The summed E-state index contributed by atoms with van der Waals surface area (Å²) in [5.74, 6) is 0. The molecule has 0 heterocycles. The molecule has 1 nitrogen and oxygen atoms in total. The van der Waals surface area contributed by atoms with E-state index in [1.54, 1.807) is 0 Å². The normalized spacial score (nSPS) is 10.8. The molecule has 0 aromatic heterocycles. The highest BCUT2D eigenvalue weighted by Gasteiger charge is 2.04. The molecule has 0 fully saturated rings. The highest BCUT2D eigenvalue weighted by Crippen LogP contribution is 2.25. The standard InChI is InChI=1S/C21H19N/c1-18-12-14-19(15-13-18)16-17-22(20-8-4-2-5-9-20)21-10-6-3-7-11-21/h2-17H,1H3. The summed E-state index contributed by atoms with van der Waals surface area (Å²) in [5, 5.41) is 0. The second-order valence-corrected chi connectivity index (χ2v) is 5.27. The van der Waals surface area contributed by atoms with Gasteiger partial charge in [0.2, 0.25) is 0 Å². The maximum Gasteiger partial charge on any atom is 0.0455 e. The molecule has 0 radical (unpaired) electrons. The molecule has 0 bridgehead atoms. The molecule has 0 aliphatic carbocycles. The highest BCUT2D eigenvalue weighted by atomic mass is 15.1. The fourth-order valence-electron chi connectivity index (χ4n) is 2.34. The first-order chi connectivity index (χ1) is 10.8. The van der Waals surface area contributed by atoms with E-state index in [2.05, 4.69) is 96.9 Å². The van der Waals surface area contributed by atoms with Crippen molar-refractivity contribution in [2.24, 2.45) is 0 Å². The van der Waals surface area contributed by atoms with Crippen molar-refractivity contribution in [1.82, 2.24) is 0 Å².